The number of halogens is 1. The quantitative estimate of drug-likeness (QED) is 0.157. The van der Waals surface area contributed by atoms with Crippen LogP contribution in [0.4, 0.5) is 0 Å². The highest BCUT2D eigenvalue weighted by Crippen LogP contribution is 2.59. The van der Waals surface area contributed by atoms with Gasteiger partial charge in [0, 0.05) is 10.6 Å². The molecular formula is C58H33Cl. The third kappa shape index (κ3) is 4.61. The summed E-state index contributed by atoms with van der Waals surface area (Å²) in [6, 6.07) is 73.8. The van der Waals surface area contributed by atoms with E-state index in [9.17, 15) is 0 Å². The Kier molecular flexibility index (Phi) is 6.88. The SMILES string of the molecule is Clc1cc2c(ccc3c2ccc2c(-c4ccccc4)c4c(c(-c5ccccc5)c23)-c2cc3ccccc3c3cccc-4c23)cc1-c1cc2ccccc2c2ccccc12. The van der Waals surface area contributed by atoms with Gasteiger partial charge in [-0.25, -0.2) is 0 Å². The van der Waals surface area contributed by atoms with Crippen LogP contribution in [0.15, 0.2) is 200 Å². The lowest BCUT2D eigenvalue weighted by Crippen LogP contribution is -1.95. The third-order valence-electron chi connectivity index (χ3n) is 13.0. The number of fused-ring (bicyclic) bond motifs is 13. The largest absolute Gasteiger partial charge is 0.0836 e. The van der Waals surface area contributed by atoms with Gasteiger partial charge in [0.1, 0.15) is 0 Å². The first kappa shape index (κ1) is 32.8. The Morgan fingerprint density at radius 2 is 0.729 bits per heavy atom. The summed E-state index contributed by atoms with van der Waals surface area (Å²) in [7, 11) is 0. The number of hydrogen-bond donors (Lipinski definition) is 0. The number of hydrogen-bond acceptors (Lipinski definition) is 0. The maximum atomic E-state index is 7.46. The van der Waals surface area contributed by atoms with E-state index in [2.05, 4.69) is 200 Å². The molecule has 59 heavy (non-hydrogen) atoms. The zero-order chi connectivity index (χ0) is 38.8. The van der Waals surface area contributed by atoms with E-state index in [4.69, 9.17) is 11.6 Å². The summed E-state index contributed by atoms with van der Waals surface area (Å²) in [5.41, 5.74) is 12.4. The molecule has 0 aromatic heterocycles. The zero-order valence-electron chi connectivity index (χ0n) is 31.9. The predicted molar refractivity (Wildman–Crippen MR) is 255 cm³/mol. The van der Waals surface area contributed by atoms with Crippen LogP contribution in [0, 0.1) is 0 Å². The van der Waals surface area contributed by atoms with Crippen molar-refractivity contribution in [3.05, 3.63) is 205 Å². The van der Waals surface area contributed by atoms with Crippen LogP contribution in [0.5, 0.6) is 0 Å². The molecule has 12 aromatic rings. The van der Waals surface area contributed by atoms with E-state index in [0.29, 0.717) is 0 Å². The minimum Gasteiger partial charge on any atom is -0.0836 e. The lowest BCUT2D eigenvalue weighted by molar-refractivity contribution is 1.63. The third-order valence-corrected chi connectivity index (χ3v) is 13.3. The van der Waals surface area contributed by atoms with Gasteiger partial charge in [-0.2, -0.15) is 0 Å². The van der Waals surface area contributed by atoms with Gasteiger partial charge in [0.25, 0.3) is 0 Å². The average Bonchev–Trinajstić information content (AvgIpc) is 3.62. The van der Waals surface area contributed by atoms with Crippen LogP contribution in [0.25, 0.3) is 131 Å². The zero-order valence-corrected chi connectivity index (χ0v) is 32.7. The summed E-state index contributed by atoms with van der Waals surface area (Å²) >= 11 is 7.46. The lowest BCUT2D eigenvalue weighted by Gasteiger charge is -2.22. The Morgan fingerprint density at radius 1 is 0.237 bits per heavy atom. The first-order valence-corrected chi connectivity index (χ1v) is 20.7. The summed E-state index contributed by atoms with van der Waals surface area (Å²) in [5.74, 6) is 0. The van der Waals surface area contributed by atoms with Crippen molar-refractivity contribution in [2.75, 3.05) is 0 Å². The fourth-order valence-corrected chi connectivity index (χ4v) is 10.8. The summed E-state index contributed by atoms with van der Waals surface area (Å²) < 4.78 is 0. The van der Waals surface area contributed by atoms with Crippen molar-refractivity contribution < 1.29 is 0 Å². The molecule has 1 aliphatic rings. The van der Waals surface area contributed by atoms with E-state index in [1.807, 2.05) is 0 Å². The van der Waals surface area contributed by atoms with Gasteiger partial charge in [-0.15, -0.1) is 0 Å². The molecule has 0 amide bonds. The van der Waals surface area contributed by atoms with Crippen molar-refractivity contribution in [2.24, 2.45) is 0 Å². The van der Waals surface area contributed by atoms with Crippen LogP contribution in [-0.4, -0.2) is 0 Å². The van der Waals surface area contributed by atoms with Crippen molar-refractivity contribution in [3.8, 4) is 55.6 Å². The Labute approximate surface area is 346 Å². The Bertz CT molecular complexity index is 3770. The summed E-state index contributed by atoms with van der Waals surface area (Å²) in [4.78, 5) is 0. The molecule has 13 rings (SSSR count). The fourth-order valence-electron chi connectivity index (χ4n) is 10.5. The molecule has 0 saturated carbocycles. The maximum Gasteiger partial charge on any atom is 0.0491 e. The smallest absolute Gasteiger partial charge is 0.0491 e. The molecule has 0 radical (unpaired) electrons. The first-order chi connectivity index (χ1) is 29.2. The number of benzene rings is 12. The van der Waals surface area contributed by atoms with E-state index in [1.165, 1.54) is 115 Å². The van der Waals surface area contributed by atoms with Gasteiger partial charge in [0.15, 0.2) is 0 Å². The van der Waals surface area contributed by atoms with Crippen LogP contribution in [0.2, 0.25) is 5.02 Å². The van der Waals surface area contributed by atoms with Crippen LogP contribution in [-0.2, 0) is 0 Å². The second-order valence-electron chi connectivity index (χ2n) is 16.0. The van der Waals surface area contributed by atoms with E-state index in [-0.39, 0.29) is 0 Å². The van der Waals surface area contributed by atoms with Gasteiger partial charge >= 0.3 is 0 Å². The highest BCUT2D eigenvalue weighted by Gasteiger charge is 2.32. The Morgan fingerprint density at radius 3 is 1.47 bits per heavy atom. The highest BCUT2D eigenvalue weighted by molar-refractivity contribution is 6.37. The van der Waals surface area contributed by atoms with Gasteiger partial charge in [0.2, 0.25) is 0 Å². The van der Waals surface area contributed by atoms with Gasteiger partial charge in [-0.1, -0.05) is 188 Å². The predicted octanol–water partition coefficient (Wildman–Crippen LogP) is 17.1. The molecule has 1 aliphatic carbocycles. The van der Waals surface area contributed by atoms with Crippen LogP contribution < -0.4 is 0 Å². The van der Waals surface area contributed by atoms with Crippen LogP contribution in [0.3, 0.4) is 0 Å². The summed E-state index contributed by atoms with van der Waals surface area (Å²) in [6.07, 6.45) is 0. The van der Waals surface area contributed by atoms with Gasteiger partial charge in [-0.3, -0.25) is 0 Å². The second-order valence-corrected chi connectivity index (χ2v) is 16.4. The molecule has 0 saturated heterocycles. The van der Waals surface area contributed by atoms with E-state index >= 15 is 0 Å². The minimum absolute atomic E-state index is 0.752. The molecule has 0 atom stereocenters. The van der Waals surface area contributed by atoms with Crippen molar-refractivity contribution in [1.82, 2.24) is 0 Å². The first-order valence-electron chi connectivity index (χ1n) is 20.4. The molecule has 0 aliphatic heterocycles. The van der Waals surface area contributed by atoms with Gasteiger partial charge < -0.3 is 0 Å². The maximum absolute atomic E-state index is 7.46. The van der Waals surface area contributed by atoms with Gasteiger partial charge in [0.05, 0.1) is 0 Å². The van der Waals surface area contributed by atoms with Crippen molar-refractivity contribution in [1.29, 1.82) is 0 Å². The molecule has 0 nitrogen and oxygen atoms in total. The Balaban J connectivity index is 1.17. The average molecular weight is 765 g/mol. The van der Waals surface area contributed by atoms with Crippen LogP contribution in [0.1, 0.15) is 0 Å². The summed E-state index contributed by atoms with van der Waals surface area (Å²) in [5, 5.41) is 18.1. The fraction of sp³-hybridized carbons (Fsp3) is 0. The van der Waals surface area contributed by atoms with Crippen molar-refractivity contribution >= 4 is 87.0 Å². The van der Waals surface area contributed by atoms with Crippen LogP contribution >= 0.6 is 11.6 Å². The van der Waals surface area contributed by atoms with E-state index in [0.717, 1.165) is 21.5 Å². The van der Waals surface area contributed by atoms with E-state index < -0.39 is 0 Å². The molecule has 0 fully saturated rings. The molecule has 0 N–H and O–H groups in total. The van der Waals surface area contributed by atoms with Crippen molar-refractivity contribution in [2.45, 2.75) is 0 Å². The Hall–Kier alpha value is -7.25. The summed E-state index contributed by atoms with van der Waals surface area (Å²) in [6.45, 7) is 0. The number of rotatable bonds is 3. The molecule has 0 heterocycles. The monoisotopic (exact) mass is 764 g/mol. The minimum atomic E-state index is 0.752. The molecule has 0 spiro atoms. The topological polar surface area (TPSA) is 0 Å². The normalized spacial score (nSPS) is 12.2. The van der Waals surface area contributed by atoms with E-state index in [1.54, 1.807) is 0 Å². The standard InChI is InChI=1S/C58H33Cl/c59-52-33-48-38(31-50(52)49-30-36-18-7-9-20-39(36)41-22-11-12-23-42(41)49)26-27-45-43(48)28-29-47-53(34-14-3-1-4-15-34)57-46-25-13-24-44-40-21-10-8-19-37(40)32-51(55(44)46)58(57)54(56(45)47)35-16-5-2-6-17-35/h1-33H. The molecule has 1 heteroatoms. The highest BCUT2D eigenvalue weighted by atomic mass is 35.5. The molecule has 272 valence electrons. The molecule has 12 aromatic carbocycles. The second kappa shape index (κ2) is 12.4. The lowest BCUT2D eigenvalue weighted by atomic mass is 9.80. The van der Waals surface area contributed by atoms with Gasteiger partial charge in [-0.05, 0) is 150 Å². The molecule has 0 unspecified atom stereocenters. The molecule has 0 bridgehead atoms. The molecular weight excluding hydrogens is 732 g/mol. The van der Waals surface area contributed by atoms with Crippen molar-refractivity contribution in [3.63, 3.8) is 0 Å².